The third-order valence-corrected chi connectivity index (χ3v) is 10.1. The Morgan fingerprint density at radius 2 is 0.893 bits per heavy atom. The number of phenols is 6. The molecule has 270 valence electrons. The van der Waals surface area contributed by atoms with Gasteiger partial charge in [0.25, 0.3) is 0 Å². The molecule has 0 bridgehead atoms. The summed E-state index contributed by atoms with van der Waals surface area (Å²) in [5.41, 5.74) is 2.79. The number of rotatable bonds is 5. The maximum Gasteiger partial charge on any atom is 0.204 e. The van der Waals surface area contributed by atoms with Crippen LogP contribution in [0.5, 0.6) is 34.5 Å². The third kappa shape index (κ3) is 4.67. The maximum absolute atomic E-state index is 12.3. The summed E-state index contributed by atoms with van der Waals surface area (Å²) in [6.45, 7) is 0. The van der Waals surface area contributed by atoms with Gasteiger partial charge in [-0.2, -0.15) is 0 Å². The summed E-state index contributed by atoms with van der Waals surface area (Å²) in [5.74, 6) is -4.14. The van der Waals surface area contributed by atoms with Crippen molar-refractivity contribution in [2.45, 2.75) is 0 Å². The molecule has 0 atom stereocenters. The van der Waals surface area contributed by atoms with Crippen LogP contribution in [0.3, 0.4) is 0 Å². The molecule has 7 aromatic carbocycles. The van der Waals surface area contributed by atoms with Gasteiger partial charge >= 0.3 is 0 Å². The molecule has 3 aromatic heterocycles. The van der Waals surface area contributed by atoms with E-state index in [0.29, 0.717) is 22.2 Å². The maximum atomic E-state index is 12.3. The lowest BCUT2D eigenvalue weighted by molar-refractivity contribution is 0.390. The van der Waals surface area contributed by atoms with Gasteiger partial charge in [0.05, 0.1) is 21.8 Å². The van der Waals surface area contributed by atoms with Crippen LogP contribution >= 0.6 is 0 Å². The molecule has 11 nitrogen and oxygen atoms in total. The Hall–Kier alpha value is -8.05. The molecule has 0 aliphatic rings. The Morgan fingerprint density at radius 3 is 1.52 bits per heavy atom. The molecule has 0 aliphatic heterocycles. The average molecular weight is 737 g/mol. The fourth-order valence-electron chi connectivity index (χ4n) is 7.59. The van der Waals surface area contributed by atoms with Crippen molar-refractivity contribution in [3.63, 3.8) is 0 Å². The Bertz CT molecular complexity index is 3140. The van der Waals surface area contributed by atoms with E-state index in [1.54, 1.807) is 28.8 Å². The number of hydrogen-bond acceptors (Lipinski definition) is 10. The highest BCUT2D eigenvalue weighted by molar-refractivity contribution is 6.21. The highest BCUT2D eigenvalue weighted by atomic mass is 16.4. The molecule has 11 heteroatoms. The molecule has 0 amide bonds. The molecule has 10 rings (SSSR count). The lowest BCUT2D eigenvalue weighted by Gasteiger charge is -2.15. The summed E-state index contributed by atoms with van der Waals surface area (Å²) in [4.78, 5) is 13.9. The van der Waals surface area contributed by atoms with Gasteiger partial charge in [-0.15, -0.1) is 0 Å². The monoisotopic (exact) mass is 736 g/mol. The number of para-hydroxylation sites is 1. The van der Waals surface area contributed by atoms with Crippen molar-refractivity contribution in [3.8, 4) is 85.5 Å². The second-order valence-corrected chi connectivity index (χ2v) is 13.3. The van der Waals surface area contributed by atoms with E-state index in [1.165, 1.54) is 0 Å². The molecular weight excluding hydrogens is 709 g/mol. The number of aromatic hydroxyl groups is 6. The molecular formula is C45H28N4O7. The predicted molar refractivity (Wildman–Crippen MR) is 213 cm³/mol. The number of nitrogens with zero attached hydrogens (tertiary/aromatic N) is 4. The molecule has 10 aromatic rings. The Kier molecular flexibility index (Phi) is 7.13. The number of aromatic nitrogens is 4. The zero-order valence-electron chi connectivity index (χ0n) is 29.1. The van der Waals surface area contributed by atoms with Crippen molar-refractivity contribution in [3.05, 3.63) is 133 Å². The van der Waals surface area contributed by atoms with E-state index < -0.39 is 45.7 Å². The van der Waals surface area contributed by atoms with Gasteiger partial charge in [-0.05, 0) is 23.3 Å². The van der Waals surface area contributed by atoms with Crippen LogP contribution in [0, 0.1) is 0 Å². The third-order valence-electron chi connectivity index (χ3n) is 10.1. The number of hydrogen-bond donors (Lipinski definition) is 6. The fourth-order valence-corrected chi connectivity index (χ4v) is 7.59. The summed E-state index contributed by atoms with van der Waals surface area (Å²) in [7, 11) is 0. The van der Waals surface area contributed by atoms with Gasteiger partial charge in [-0.25, -0.2) is 15.0 Å². The zero-order chi connectivity index (χ0) is 38.2. The van der Waals surface area contributed by atoms with Crippen molar-refractivity contribution >= 4 is 43.7 Å². The van der Waals surface area contributed by atoms with Gasteiger partial charge in [0.2, 0.25) is 11.5 Å². The number of phenolic OH excluding ortho intramolecular Hbond substituents is 6. The topological polar surface area (TPSA) is 178 Å². The standard InChI is InChI=1S/C45H28N4O7/c50-35-31-32-36(51)34(49-28-21-11-10-19-27(28)30-26(20-12-22-29(30)49)23-13-4-1-5-14-23)38(53)40(55)42(32)56-41(31)39(54)37(52)33(35)45-47-43(24-15-6-2-7-16-24)46-44(48-45)25-17-8-3-9-18-25/h1-22,50-55H. The number of fused-ring (bicyclic) bond motifs is 6. The Balaban J connectivity index is 1.29. The van der Waals surface area contributed by atoms with Gasteiger partial charge in [-0.3, -0.25) is 0 Å². The number of benzene rings is 7. The summed E-state index contributed by atoms with van der Waals surface area (Å²) in [5, 5.41) is 71.8. The van der Waals surface area contributed by atoms with Crippen LogP contribution in [0.1, 0.15) is 0 Å². The average Bonchev–Trinajstić information content (AvgIpc) is 3.81. The van der Waals surface area contributed by atoms with Crippen molar-refractivity contribution in [2.24, 2.45) is 0 Å². The highest BCUT2D eigenvalue weighted by Gasteiger charge is 2.33. The first-order valence-corrected chi connectivity index (χ1v) is 17.6. The SMILES string of the molecule is Oc1c(-c2nc(-c3ccccc3)nc(-c3ccccc3)n2)c(O)c2c(oc3c(O)c(O)c(-n4c5ccccc5c5c(-c6ccccc6)cccc54)c(O)c32)c1O. The zero-order valence-corrected chi connectivity index (χ0v) is 29.1. The van der Waals surface area contributed by atoms with Crippen LogP contribution in [0.25, 0.3) is 94.7 Å². The van der Waals surface area contributed by atoms with Gasteiger partial charge in [0.1, 0.15) is 17.0 Å². The normalized spacial score (nSPS) is 11.6. The lowest BCUT2D eigenvalue weighted by Crippen LogP contribution is -2.00. The fraction of sp³-hybridized carbons (Fsp3) is 0. The van der Waals surface area contributed by atoms with E-state index in [1.807, 2.05) is 109 Å². The van der Waals surface area contributed by atoms with E-state index in [9.17, 15) is 30.6 Å². The van der Waals surface area contributed by atoms with Crippen LogP contribution < -0.4 is 0 Å². The van der Waals surface area contributed by atoms with Crippen molar-refractivity contribution in [2.75, 3.05) is 0 Å². The second kappa shape index (κ2) is 12.3. The lowest BCUT2D eigenvalue weighted by atomic mass is 9.99. The molecule has 6 N–H and O–H groups in total. The van der Waals surface area contributed by atoms with E-state index in [-0.39, 0.29) is 39.5 Å². The van der Waals surface area contributed by atoms with Crippen molar-refractivity contribution < 1.29 is 35.1 Å². The first-order valence-electron chi connectivity index (χ1n) is 17.6. The largest absolute Gasteiger partial charge is 0.506 e. The van der Waals surface area contributed by atoms with Crippen molar-refractivity contribution in [1.82, 2.24) is 19.5 Å². The van der Waals surface area contributed by atoms with Gasteiger partial charge < -0.3 is 39.6 Å². The molecule has 56 heavy (non-hydrogen) atoms. The van der Waals surface area contributed by atoms with Gasteiger partial charge in [-0.1, -0.05) is 121 Å². The first kappa shape index (κ1) is 32.6. The van der Waals surface area contributed by atoms with E-state index in [2.05, 4.69) is 15.0 Å². The summed E-state index contributed by atoms with van der Waals surface area (Å²) >= 11 is 0. The van der Waals surface area contributed by atoms with E-state index >= 15 is 0 Å². The summed E-state index contributed by atoms with van der Waals surface area (Å²) in [6.07, 6.45) is 0. The molecule has 0 saturated carbocycles. The summed E-state index contributed by atoms with van der Waals surface area (Å²) < 4.78 is 7.46. The van der Waals surface area contributed by atoms with E-state index in [0.717, 1.165) is 21.9 Å². The minimum absolute atomic E-state index is 0.196. The van der Waals surface area contributed by atoms with E-state index in [4.69, 9.17) is 4.42 Å². The molecule has 0 spiro atoms. The van der Waals surface area contributed by atoms with Gasteiger partial charge in [0, 0.05) is 21.9 Å². The minimum Gasteiger partial charge on any atom is -0.506 e. The second-order valence-electron chi connectivity index (χ2n) is 13.3. The predicted octanol–water partition coefficient (Wildman–Crippen LogP) is 9.77. The minimum atomic E-state index is -0.823. The Morgan fingerprint density at radius 1 is 0.393 bits per heavy atom. The highest BCUT2D eigenvalue weighted by Crippen LogP contribution is 2.58. The van der Waals surface area contributed by atoms with Crippen LogP contribution in [0.15, 0.2) is 138 Å². The molecule has 0 aliphatic carbocycles. The molecule has 0 fully saturated rings. The molecule has 0 unspecified atom stereocenters. The molecule has 0 radical (unpaired) electrons. The van der Waals surface area contributed by atoms with Crippen LogP contribution in [0.2, 0.25) is 0 Å². The van der Waals surface area contributed by atoms with Crippen molar-refractivity contribution in [1.29, 1.82) is 0 Å². The van der Waals surface area contributed by atoms with Crippen LogP contribution in [-0.2, 0) is 0 Å². The number of furan rings is 1. The Labute approximate surface area is 316 Å². The quantitative estimate of drug-likeness (QED) is 0.0736. The summed E-state index contributed by atoms with van der Waals surface area (Å²) in [6, 6.07) is 41.1. The van der Waals surface area contributed by atoms with Crippen LogP contribution in [-0.4, -0.2) is 50.2 Å². The molecule has 3 heterocycles. The van der Waals surface area contributed by atoms with Crippen LogP contribution in [0.4, 0.5) is 0 Å². The first-order chi connectivity index (χ1) is 27.3. The van der Waals surface area contributed by atoms with Gasteiger partial charge in [0.15, 0.2) is 45.9 Å². The molecule has 0 saturated heterocycles. The smallest absolute Gasteiger partial charge is 0.204 e.